The summed E-state index contributed by atoms with van der Waals surface area (Å²) in [6.45, 7) is 3.34. The molecule has 11 nitrogen and oxygen atoms in total. The quantitative estimate of drug-likeness (QED) is 0.140. The van der Waals surface area contributed by atoms with Gasteiger partial charge in [-0.2, -0.15) is 0 Å². The van der Waals surface area contributed by atoms with E-state index in [1.807, 2.05) is 11.9 Å². The molecule has 1 heterocycles. The zero-order chi connectivity index (χ0) is 27.4. The van der Waals surface area contributed by atoms with Gasteiger partial charge in [-0.1, -0.05) is 0 Å². The maximum absolute atomic E-state index is 13.4. The number of hydrogen-bond acceptors (Lipinski definition) is 10. The van der Waals surface area contributed by atoms with Crippen LogP contribution in [0.15, 0.2) is 28.7 Å². The first-order valence-electron chi connectivity index (χ1n) is 11.3. The van der Waals surface area contributed by atoms with Crippen LogP contribution in [0.1, 0.15) is 52.5 Å². The van der Waals surface area contributed by atoms with Gasteiger partial charge in [-0.15, -0.1) is 0 Å². The van der Waals surface area contributed by atoms with Crippen molar-refractivity contribution >= 4 is 39.3 Å². The number of benzene rings is 2. The third-order valence-corrected chi connectivity index (χ3v) is 6.96. The van der Waals surface area contributed by atoms with Gasteiger partial charge in [0, 0.05) is 41.1 Å². The first kappa shape index (κ1) is 28.1. The molecule has 2 aromatic carbocycles. The summed E-state index contributed by atoms with van der Waals surface area (Å²) in [7, 11) is 4.69. The Labute approximate surface area is 221 Å². The van der Waals surface area contributed by atoms with E-state index in [1.54, 1.807) is 6.07 Å². The zero-order valence-electron chi connectivity index (χ0n) is 21.0. The van der Waals surface area contributed by atoms with E-state index in [-0.39, 0.29) is 51.4 Å². The lowest BCUT2D eigenvalue weighted by molar-refractivity contribution is -0.384. The molecular weight excluding hydrogens is 552 g/mol. The molecule has 0 bridgehead atoms. The smallest absolute Gasteiger partial charge is 0.344 e. The molecule has 2 aromatic rings. The number of hydrogen-bond donors (Lipinski definition) is 0. The number of methoxy groups -OCH3 is 2. The van der Waals surface area contributed by atoms with Gasteiger partial charge in [-0.3, -0.25) is 24.6 Å². The normalized spacial score (nSPS) is 17.2. The molecule has 0 N–H and O–H groups in total. The number of likely N-dealkylation sites (tertiary alicyclic amines) is 1. The van der Waals surface area contributed by atoms with Crippen molar-refractivity contribution in [1.29, 1.82) is 0 Å². The number of nitrogens with zero attached hydrogens (tertiary/aromatic N) is 2. The molecular formula is C25H27BrN2O9. The molecule has 0 radical (unpaired) electrons. The average Bonchev–Trinajstić information content (AvgIpc) is 3.21. The lowest BCUT2D eigenvalue weighted by Gasteiger charge is -2.28. The minimum absolute atomic E-state index is 0.0222. The Hall–Kier alpha value is -3.51. The monoisotopic (exact) mass is 578 g/mol. The first-order chi connectivity index (χ1) is 17.5. The van der Waals surface area contributed by atoms with Crippen LogP contribution in [0.4, 0.5) is 5.69 Å². The number of carbonyl (C=O) groups excluding carboxylic acids is 3. The van der Waals surface area contributed by atoms with Crippen LogP contribution in [0.2, 0.25) is 0 Å². The van der Waals surface area contributed by atoms with Gasteiger partial charge in [0.2, 0.25) is 0 Å². The highest BCUT2D eigenvalue weighted by Crippen LogP contribution is 2.48. The van der Waals surface area contributed by atoms with Crippen molar-refractivity contribution in [3.05, 3.63) is 55.5 Å². The number of non-ortho nitro benzene ring substituents is 1. The number of nitro groups is 1. The third-order valence-electron chi connectivity index (χ3n) is 6.26. The summed E-state index contributed by atoms with van der Waals surface area (Å²) in [4.78, 5) is 50.4. The Morgan fingerprint density at radius 3 is 2.38 bits per heavy atom. The zero-order valence-corrected chi connectivity index (χ0v) is 22.6. The van der Waals surface area contributed by atoms with E-state index in [0.29, 0.717) is 24.3 Å². The lowest BCUT2D eigenvalue weighted by atomic mass is 9.87. The van der Waals surface area contributed by atoms with Gasteiger partial charge in [0.25, 0.3) is 5.69 Å². The molecule has 0 aromatic heterocycles. The van der Waals surface area contributed by atoms with E-state index in [1.165, 1.54) is 40.2 Å². The molecule has 0 amide bonds. The average molecular weight is 579 g/mol. The van der Waals surface area contributed by atoms with Gasteiger partial charge in [-0.25, -0.2) is 4.79 Å². The molecule has 37 heavy (non-hydrogen) atoms. The lowest BCUT2D eigenvalue weighted by Crippen LogP contribution is -2.34. The number of Topliss-reactive ketones (excluding diaryl/α,β-unsaturated/α-hetero) is 1. The Morgan fingerprint density at radius 1 is 1.14 bits per heavy atom. The van der Waals surface area contributed by atoms with Crippen LogP contribution in [0.25, 0.3) is 0 Å². The summed E-state index contributed by atoms with van der Waals surface area (Å²) in [6.07, 6.45) is 0.591. The molecule has 12 heteroatoms. The van der Waals surface area contributed by atoms with Crippen molar-refractivity contribution in [1.82, 2.24) is 4.90 Å². The number of carbonyl (C=O) groups is 3. The van der Waals surface area contributed by atoms with Crippen LogP contribution >= 0.6 is 15.9 Å². The standard InChI is InChI=1S/C25H27BrN2O9/c1-13(29)22-20(34-4)11-21(35-5)23(16-8-9-27(3)19(16)12-36-14(2)30)24(22)37-25(31)17-10-15(28(32)33)6-7-18(17)26/h6-7,10-11,16,19H,8-9,12H2,1-5H3/t16-,19+/m1/s1. The van der Waals surface area contributed by atoms with Crippen molar-refractivity contribution < 1.29 is 38.3 Å². The van der Waals surface area contributed by atoms with Gasteiger partial charge in [0.1, 0.15) is 23.7 Å². The highest BCUT2D eigenvalue weighted by Gasteiger charge is 2.40. The molecule has 1 fully saturated rings. The summed E-state index contributed by atoms with van der Waals surface area (Å²) < 4.78 is 22.5. The number of esters is 2. The Kier molecular flexibility index (Phi) is 8.87. The molecule has 1 aliphatic heterocycles. The van der Waals surface area contributed by atoms with Crippen molar-refractivity contribution in [2.45, 2.75) is 32.2 Å². The molecule has 0 saturated carbocycles. The van der Waals surface area contributed by atoms with Crippen LogP contribution in [0.5, 0.6) is 17.2 Å². The Bertz CT molecular complexity index is 1250. The number of ketones is 1. The fourth-order valence-electron chi connectivity index (χ4n) is 4.47. The van der Waals surface area contributed by atoms with Crippen LogP contribution in [0, 0.1) is 10.1 Å². The minimum Gasteiger partial charge on any atom is -0.496 e. The number of halogens is 1. The second-order valence-corrected chi connectivity index (χ2v) is 9.37. The van der Waals surface area contributed by atoms with Gasteiger partial charge in [-0.05, 0) is 48.9 Å². The second-order valence-electron chi connectivity index (χ2n) is 8.51. The van der Waals surface area contributed by atoms with E-state index >= 15 is 0 Å². The van der Waals surface area contributed by atoms with Crippen molar-refractivity contribution in [3.8, 4) is 17.2 Å². The molecule has 3 rings (SSSR count). The maximum atomic E-state index is 13.4. The second kappa shape index (κ2) is 11.7. The van der Waals surface area contributed by atoms with Crippen LogP contribution in [-0.4, -0.2) is 68.0 Å². The largest absolute Gasteiger partial charge is 0.496 e. The first-order valence-corrected chi connectivity index (χ1v) is 12.1. The minimum atomic E-state index is -0.919. The SMILES string of the molecule is COc1cc(OC)c([C@@H]2CCN(C)[C@H]2COC(C)=O)c(OC(=O)c2cc([N+](=O)[O-])ccc2Br)c1C(C)=O. The summed E-state index contributed by atoms with van der Waals surface area (Å²) >= 11 is 3.24. The van der Waals surface area contributed by atoms with E-state index in [4.69, 9.17) is 18.9 Å². The fourth-order valence-corrected chi connectivity index (χ4v) is 4.88. The number of likely N-dealkylation sites (N-methyl/N-ethyl adjacent to an activating group) is 1. The summed E-state index contributed by atoms with van der Waals surface area (Å²) in [5.74, 6) is -1.75. The van der Waals surface area contributed by atoms with E-state index in [2.05, 4.69) is 15.9 Å². The number of ether oxygens (including phenoxy) is 4. The van der Waals surface area contributed by atoms with Gasteiger partial charge >= 0.3 is 11.9 Å². The Morgan fingerprint density at radius 2 is 1.81 bits per heavy atom. The van der Waals surface area contributed by atoms with E-state index in [0.717, 1.165) is 6.07 Å². The molecule has 2 atom stereocenters. The van der Waals surface area contributed by atoms with Gasteiger partial charge in [0.15, 0.2) is 11.5 Å². The fraction of sp³-hybridized carbons (Fsp3) is 0.400. The molecule has 0 spiro atoms. The van der Waals surface area contributed by atoms with E-state index in [9.17, 15) is 24.5 Å². The van der Waals surface area contributed by atoms with E-state index < -0.39 is 22.6 Å². The predicted octanol–water partition coefficient (Wildman–Crippen LogP) is 4.15. The highest BCUT2D eigenvalue weighted by atomic mass is 79.9. The van der Waals surface area contributed by atoms with Crippen LogP contribution < -0.4 is 14.2 Å². The third kappa shape index (κ3) is 5.91. The molecule has 0 unspecified atom stereocenters. The maximum Gasteiger partial charge on any atom is 0.344 e. The molecule has 1 saturated heterocycles. The number of nitro benzene ring substituents is 1. The summed E-state index contributed by atoms with van der Waals surface area (Å²) in [5, 5.41) is 11.3. The molecule has 198 valence electrons. The summed E-state index contributed by atoms with van der Waals surface area (Å²) in [5.41, 5.74) is 0.0552. The predicted molar refractivity (Wildman–Crippen MR) is 136 cm³/mol. The van der Waals surface area contributed by atoms with Gasteiger partial charge in [0.05, 0.1) is 30.7 Å². The van der Waals surface area contributed by atoms with Crippen LogP contribution in [-0.2, 0) is 9.53 Å². The van der Waals surface area contributed by atoms with Gasteiger partial charge < -0.3 is 18.9 Å². The Balaban J connectivity index is 2.22. The number of rotatable bonds is 9. The van der Waals surface area contributed by atoms with Crippen molar-refractivity contribution in [3.63, 3.8) is 0 Å². The van der Waals surface area contributed by atoms with Crippen LogP contribution in [0.3, 0.4) is 0 Å². The molecule has 1 aliphatic rings. The van der Waals surface area contributed by atoms with Crippen molar-refractivity contribution in [2.24, 2.45) is 0 Å². The molecule has 0 aliphatic carbocycles. The van der Waals surface area contributed by atoms with Crippen molar-refractivity contribution in [2.75, 3.05) is 34.4 Å². The topological polar surface area (TPSA) is 135 Å². The summed E-state index contributed by atoms with van der Waals surface area (Å²) in [6, 6.07) is 4.95. The highest BCUT2D eigenvalue weighted by molar-refractivity contribution is 9.10.